The lowest BCUT2D eigenvalue weighted by molar-refractivity contribution is -0.149. The minimum absolute atomic E-state index is 0.163. The quantitative estimate of drug-likeness (QED) is 0.634. The molecule has 0 unspecified atom stereocenters. The third kappa shape index (κ3) is 3.07. The molecule has 1 saturated heterocycles. The third-order valence-electron chi connectivity index (χ3n) is 4.44. The molecule has 132 valence electrons. The highest BCUT2D eigenvalue weighted by Crippen LogP contribution is 2.24. The molecule has 1 aliphatic rings. The van der Waals surface area contributed by atoms with Crippen LogP contribution in [0.2, 0.25) is 0 Å². The van der Waals surface area contributed by atoms with Gasteiger partial charge in [0, 0.05) is 0 Å². The first-order valence-corrected chi connectivity index (χ1v) is 8.13. The van der Waals surface area contributed by atoms with Crippen molar-refractivity contribution in [2.24, 2.45) is 0 Å². The number of ether oxygens (including phenoxy) is 1. The molecule has 0 spiro atoms. The van der Waals surface area contributed by atoms with E-state index in [-0.39, 0.29) is 12.5 Å². The van der Waals surface area contributed by atoms with Crippen LogP contribution in [0, 0.1) is 0 Å². The van der Waals surface area contributed by atoms with Gasteiger partial charge in [-0.1, -0.05) is 26.0 Å². The van der Waals surface area contributed by atoms with Gasteiger partial charge in [0.15, 0.2) is 12.2 Å². The van der Waals surface area contributed by atoms with Crippen molar-refractivity contribution in [1.29, 1.82) is 0 Å². The van der Waals surface area contributed by atoms with Gasteiger partial charge in [-0.2, -0.15) is 0 Å². The van der Waals surface area contributed by atoms with E-state index in [1.165, 1.54) is 0 Å². The van der Waals surface area contributed by atoms with Crippen LogP contribution < -0.4 is 5.32 Å². The number of fused-ring (bicyclic) bond motifs is 1. The molecule has 0 bridgehead atoms. The summed E-state index contributed by atoms with van der Waals surface area (Å²) in [7, 11) is 0. The number of oxazole rings is 1. The van der Waals surface area contributed by atoms with E-state index in [4.69, 9.17) is 9.15 Å². The summed E-state index contributed by atoms with van der Waals surface area (Å²) >= 11 is 0. The van der Waals surface area contributed by atoms with Gasteiger partial charge in [-0.25, -0.2) is 9.78 Å². The summed E-state index contributed by atoms with van der Waals surface area (Å²) in [6, 6.07) is 6.61. The van der Waals surface area contributed by atoms with Gasteiger partial charge in [-0.3, -0.25) is 14.5 Å². The SMILES string of the molecule is CCC1(CC)NC(=O)N(CC(=O)OCc2nc3ccccc3o2)C1=O. The molecule has 2 aromatic rings. The highest BCUT2D eigenvalue weighted by molar-refractivity contribution is 6.08. The van der Waals surface area contributed by atoms with Crippen molar-refractivity contribution >= 4 is 29.0 Å². The second-order valence-corrected chi connectivity index (χ2v) is 5.85. The Morgan fingerprint density at radius 1 is 1.28 bits per heavy atom. The lowest BCUT2D eigenvalue weighted by atomic mass is 9.93. The number of hydrogen-bond acceptors (Lipinski definition) is 6. The summed E-state index contributed by atoms with van der Waals surface area (Å²) < 4.78 is 10.5. The van der Waals surface area contributed by atoms with Gasteiger partial charge in [-0.15, -0.1) is 0 Å². The van der Waals surface area contributed by atoms with Crippen LogP contribution in [-0.4, -0.2) is 39.9 Å². The van der Waals surface area contributed by atoms with Crippen LogP contribution in [0.25, 0.3) is 11.1 Å². The van der Waals surface area contributed by atoms with Crippen LogP contribution in [-0.2, 0) is 20.9 Å². The molecule has 25 heavy (non-hydrogen) atoms. The first-order chi connectivity index (χ1) is 12.0. The van der Waals surface area contributed by atoms with Crippen molar-refractivity contribution in [3.8, 4) is 0 Å². The molecule has 1 aromatic heterocycles. The Hall–Kier alpha value is -2.90. The number of nitrogens with one attached hydrogen (secondary N) is 1. The van der Waals surface area contributed by atoms with E-state index in [2.05, 4.69) is 10.3 Å². The van der Waals surface area contributed by atoms with Gasteiger partial charge in [-0.05, 0) is 25.0 Å². The van der Waals surface area contributed by atoms with Gasteiger partial charge in [0.1, 0.15) is 17.6 Å². The average Bonchev–Trinajstić information content (AvgIpc) is 3.14. The normalized spacial score (nSPS) is 16.3. The van der Waals surface area contributed by atoms with Crippen LogP contribution in [0.3, 0.4) is 0 Å². The number of carbonyl (C=O) groups is 3. The molecule has 1 N–H and O–H groups in total. The molecule has 1 aromatic carbocycles. The number of nitrogens with zero attached hydrogens (tertiary/aromatic N) is 2. The Morgan fingerprint density at radius 3 is 2.64 bits per heavy atom. The second-order valence-electron chi connectivity index (χ2n) is 5.85. The topological polar surface area (TPSA) is 102 Å². The predicted molar refractivity (Wildman–Crippen MR) is 87.4 cm³/mol. The van der Waals surface area contributed by atoms with Crippen molar-refractivity contribution in [3.05, 3.63) is 30.2 Å². The Balaban J connectivity index is 1.61. The fourth-order valence-electron chi connectivity index (χ4n) is 2.85. The van der Waals surface area contributed by atoms with Gasteiger partial charge >= 0.3 is 12.0 Å². The van der Waals surface area contributed by atoms with Crippen molar-refractivity contribution < 1.29 is 23.5 Å². The number of para-hydroxylation sites is 2. The zero-order valence-corrected chi connectivity index (χ0v) is 14.1. The number of aromatic nitrogens is 1. The average molecular weight is 345 g/mol. The smallest absolute Gasteiger partial charge is 0.326 e. The first kappa shape index (κ1) is 16.9. The van der Waals surface area contributed by atoms with Gasteiger partial charge in [0.05, 0.1) is 0 Å². The third-order valence-corrected chi connectivity index (χ3v) is 4.44. The molecule has 3 rings (SSSR count). The molecule has 3 amide bonds. The van der Waals surface area contributed by atoms with Crippen molar-refractivity contribution in [3.63, 3.8) is 0 Å². The van der Waals surface area contributed by atoms with Crippen LogP contribution in [0.5, 0.6) is 0 Å². The number of urea groups is 1. The molecule has 0 radical (unpaired) electrons. The van der Waals surface area contributed by atoms with Crippen molar-refractivity contribution in [2.75, 3.05) is 6.54 Å². The number of esters is 1. The molecule has 0 saturated carbocycles. The number of carbonyl (C=O) groups excluding carboxylic acids is 3. The number of benzene rings is 1. The van der Waals surface area contributed by atoms with E-state index in [9.17, 15) is 14.4 Å². The number of rotatable bonds is 6. The van der Waals surface area contributed by atoms with Gasteiger partial charge in [0.2, 0.25) is 5.89 Å². The van der Waals surface area contributed by atoms with E-state index in [0.717, 1.165) is 4.90 Å². The highest BCUT2D eigenvalue weighted by Gasteiger charge is 2.49. The zero-order chi connectivity index (χ0) is 18.0. The predicted octanol–water partition coefficient (Wildman–Crippen LogP) is 1.98. The van der Waals surface area contributed by atoms with E-state index in [1.54, 1.807) is 12.1 Å². The first-order valence-electron chi connectivity index (χ1n) is 8.13. The fraction of sp³-hybridized carbons (Fsp3) is 0.412. The fourth-order valence-corrected chi connectivity index (χ4v) is 2.85. The summed E-state index contributed by atoms with van der Waals surface area (Å²) in [5, 5.41) is 2.66. The zero-order valence-electron chi connectivity index (χ0n) is 14.1. The summed E-state index contributed by atoms with van der Waals surface area (Å²) in [6.07, 6.45) is 0.922. The Bertz CT molecular complexity index is 792. The lowest BCUT2D eigenvalue weighted by Gasteiger charge is -2.22. The summed E-state index contributed by atoms with van der Waals surface area (Å²) in [6.45, 7) is 3.03. The maximum atomic E-state index is 12.4. The number of imide groups is 1. The molecule has 8 nitrogen and oxygen atoms in total. The van der Waals surface area contributed by atoms with Crippen LogP contribution in [0.1, 0.15) is 32.6 Å². The summed E-state index contributed by atoms with van der Waals surface area (Å²) in [5.74, 6) is -0.849. The van der Waals surface area contributed by atoms with Gasteiger partial charge in [0.25, 0.3) is 5.91 Å². The second kappa shape index (κ2) is 6.54. The number of amides is 3. The van der Waals surface area contributed by atoms with Crippen LogP contribution >= 0.6 is 0 Å². The highest BCUT2D eigenvalue weighted by atomic mass is 16.5. The van der Waals surface area contributed by atoms with E-state index >= 15 is 0 Å². The van der Waals surface area contributed by atoms with Crippen molar-refractivity contribution in [1.82, 2.24) is 15.2 Å². The van der Waals surface area contributed by atoms with E-state index < -0.39 is 30.0 Å². The van der Waals surface area contributed by atoms with Crippen LogP contribution in [0.4, 0.5) is 4.79 Å². The monoisotopic (exact) mass is 345 g/mol. The molecule has 0 atom stereocenters. The molecule has 2 heterocycles. The molecule has 8 heteroatoms. The van der Waals surface area contributed by atoms with Gasteiger partial charge < -0.3 is 14.5 Å². The largest absolute Gasteiger partial charge is 0.454 e. The molecule has 0 aliphatic carbocycles. The maximum absolute atomic E-state index is 12.4. The Morgan fingerprint density at radius 2 is 2.00 bits per heavy atom. The lowest BCUT2D eigenvalue weighted by Crippen LogP contribution is -2.46. The summed E-state index contributed by atoms with van der Waals surface area (Å²) in [4.78, 5) is 41.5. The summed E-state index contributed by atoms with van der Waals surface area (Å²) in [5.41, 5.74) is 0.328. The molecule has 1 aliphatic heterocycles. The maximum Gasteiger partial charge on any atom is 0.326 e. The number of hydrogen-bond donors (Lipinski definition) is 1. The Kier molecular flexibility index (Phi) is 4.43. The molecular weight excluding hydrogens is 326 g/mol. The van der Waals surface area contributed by atoms with E-state index in [0.29, 0.717) is 23.9 Å². The standard InChI is InChI=1S/C17H19N3O5/c1-3-17(4-2)15(22)20(16(23)19-17)9-14(21)24-10-13-18-11-7-5-6-8-12(11)25-13/h5-8H,3-4,9-10H2,1-2H3,(H,19,23). The minimum atomic E-state index is -0.933. The minimum Gasteiger partial charge on any atom is -0.454 e. The van der Waals surface area contributed by atoms with E-state index in [1.807, 2.05) is 26.0 Å². The molecular formula is C17H19N3O5. The Labute approximate surface area is 144 Å². The van der Waals surface area contributed by atoms with Crippen molar-refractivity contribution in [2.45, 2.75) is 38.8 Å². The molecule has 1 fully saturated rings. The van der Waals surface area contributed by atoms with Crippen LogP contribution in [0.15, 0.2) is 28.7 Å².